The van der Waals surface area contributed by atoms with Crippen molar-refractivity contribution in [3.63, 3.8) is 0 Å². The molecule has 1 saturated carbocycles. The minimum atomic E-state index is -0.406. The molecule has 1 amide bonds. The average molecular weight is 341 g/mol. The Labute approximate surface area is 148 Å². The molecule has 132 valence electrons. The molecule has 2 aromatic carbocycles. The minimum Gasteiger partial charge on any atom is -0.490 e. The fraction of sp³-hybridized carbons (Fsp3) is 0.381. The van der Waals surface area contributed by atoms with Crippen LogP contribution in [0.25, 0.3) is 0 Å². The summed E-state index contributed by atoms with van der Waals surface area (Å²) < 4.78 is 18.8. The molecule has 0 atom stereocenters. The molecule has 2 aromatic rings. The van der Waals surface area contributed by atoms with Crippen LogP contribution in [0.5, 0.6) is 5.75 Å². The van der Waals surface area contributed by atoms with Gasteiger partial charge >= 0.3 is 0 Å². The highest BCUT2D eigenvalue weighted by Gasteiger charge is 2.35. The summed E-state index contributed by atoms with van der Waals surface area (Å²) in [6.45, 7) is 0.820. The summed E-state index contributed by atoms with van der Waals surface area (Å²) >= 11 is 0. The first-order valence-electron chi connectivity index (χ1n) is 8.89. The quantitative estimate of drug-likeness (QED) is 0.819. The maximum Gasteiger partial charge on any atom is 0.223 e. The summed E-state index contributed by atoms with van der Waals surface area (Å²) in [5.41, 5.74) is 1.35. The van der Waals surface area contributed by atoms with Gasteiger partial charge in [0.1, 0.15) is 0 Å². The van der Waals surface area contributed by atoms with Gasteiger partial charge < -0.3 is 10.1 Å². The Morgan fingerprint density at radius 1 is 1.04 bits per heavy atom. The standard InChI is InChI=1S/C21H24FNO2/c22-18-10-4-5-11-19(18)25-15-12-20(24)23-16-21(13-6-7-14-21)17-8-2-1-3-9-17/h1-5,8-11H,6-7,12-16H2,(H,23,24). The molecule has 3 rings (SSSR count). The van der Waals surface area contributed by atoms with Gasteiger partial charge in [0, 0.05) is 12.0 Å². The van der Waals surface area contributed by atoms with Gasteiger partial charge in [0.2, 0.25) is 5.91 Å². The number of para-hydroxylation sites is 1. The van der Waals surface area contributed by atoms with Gasteiger partial charge in [-0.1, -0.05) is 55.3 Å². The summed E-state index contributed by atoms with van der Waals surface area (Å²) in [4.78, 5) is 12.2. The SMILES string of the molecule is O=C(CCOc1ccccc1F)NCC1(c2ccccc2)CCCC1. The molecule has 0 radical (unpaired) electrons. The first kappa shape index (κ1) is 17.5. The Morgan fingerprint density at radius 2 is 1.72 bits per heavy atom. The summed E-state index contributed by atoms with van der Waals surface area (Å²) in [6.07, 6.45) is 4.81. The predicted molar refractivity (Wildman–Crippen MR) is 96.1 cm³/mol. The van der Waals surface area contributed by atoms with E-state index in [0.29, 0.717) is 6.54 Å². The van der Waals surface area contributed by atoms with Crippen LogP contribution in [-0.4, -0.2) is 19.1 Å². The van der Waals surface area contributed by atoms with Crippen LogP contribution in [0.4, 0.5) is 4.39 Å². The lowest BCUT2D eigenvalue weighted by Gasteiger charge is -2.30. The van der Waals surface area contributed by atoms with E-state index in [1.807, 2.05) is 6.07 Å². The van der Waals surface area contributed by atoms with E-state index >= 15 is 0 Å². The summed E-state index contributed by atoms with van der Waals surface area (Å²) in [7, 11) is 0. The lowest BCUT2D eigenvalue weighted by molar-refractivity contribution is -0.121. The number of carbonyl (C=O) groups is 1. The molecule has 0 aliphatic heterocycles. The highest BCUT2D eigenvalue weighted by Crippen LogP contribution is 2.40. The van der Waals surface area contributed by atoms with Gasteiger partial charge in [-0.3, -0.25) is 4.79 Å². The van der Waals surface area contributed by atoms with Crippen molar-refractivity contribution in [2.75, 3.05) is 13.2 Å². The second kappa shape index (κ2) is 8.15. The fourth-order valence-electron chi connectivity index (χ4n) is 3.58. The fourth-order valence-corrected chi connectivity index (χ4v) is 3.58. The third-order valence-corrected chi connectivity index (χ3v) is 4.99. The second-order valence-electron chi connectivity index (χ2n) is 6.66. The number of hydrogen-bond donors (Lipinski definition) is 1. The number of nitrogens with one attached hydrogen (secondary N) is 1. The van der Waals surface area contributed by atoms with Crippen molar-refractivity contribution in [1.29, 1.82) is 0 Å². The van der Waals surface area contributed by atoms with Crippen LogP contribution in [0.3, 0.4) is 0 Å². The maximum absolute atomic E-state index is 13.5. The molecule has 4 heteroatoms. The lowest BCUT2D eigenvalue weighted by atomic mass is 9.79. The summed E-state index contributed by atoms with van der Waals surface area (Å²) in [5, 5.41) is 3.05. The lowest BCUT2D eigenvalue weighted by Crippen LogP contribution is -2.39. The molecule has 0 bridgehead atoms. The summed E-state index contributed by atoms with van der Waals surface area (Å²) in [5.74, 6) is -0.276. The van der Waals surface area contributed by atoms with Crippen molar-refractivity contribution in [3.8, 4) is 5.75 Å². The van der Waals surface area contributed by atoms with E-state index in [1.54, 1.807) is 18.2 Å². The number of rotatable bonds is 7. The highest BCUT2D eigenvalue weighted by atomic mass is 19.1. The maximum atomic E-state index is 13.5. The molecular weight excluding hydrogens is 317 g/mol. The van der Waals surface area contributed by atoms with Crippen molar-refractivity contribution in [3.05, 3.63) is 66.0 Å². The van der Waals surface area contributed by atoms with E-state index in [0.717, 1.165) is 12.8 Å². The zero-order valence-corrected chi connectivity index (χ0v) is 14.3. The van der Waals surface area contributed by atoms with Crippen LogP contribution >= 0.6 is 0 Å². The Kier molecular flexibility index (Phi) is 5.69. The van der Waals surface area contributed by atoms with Crippen LogP contribution in [0.2, 0.25) is 0 Å². The molecule has 0 spiro atoms. The van der Waals surface area contributed by atoms with Crippen molar-refractivity contribution < 1.29 is 13.9 Å². The third-order valence-electron chi connectivity index (χ3n) is 4.99. The number of halogens is 1. The van der Waals surface area contributed by atoms with E-state index in [4.69, 9.17) is 4.74 Å². The molecule has 1 fully saturated rings. The van der Waals surface area contributed by atoms with Gasteiger partial charge in [0.15, 0.2) is 11.6 Å². The molecule has 0 unspecified atom stereocenters. The van der Waals surface area contributed by atoms with Crippen LogP contribution < -0.4 is 10.1 Å². The van der Waals surface area contributed by atoms with Gasteiger partial charge in [-0.15, -0.1) is 0 Å². The second-order valence-corrected chi connectivity index (χ2v) is 6.66. The smallest absolute Gasteiger partial charge is 0.223 e. The Morgan fingerprint density at radius 3 is 2.44 bits per heavy atom. The van der Waals surface area contributed by atoms with E-state index in [-0.39, 0.29) is 30.1 Å². The summed E-state index contributed by atoms with van der Waals surface area (Å²) in [6, 6.07) is 16.7. The first-order chi connectivity index (χ1) is 12.2. The predicted octanol–water partition coefficient (Wildman–Crippen LogP) is 4.22. The monoisotopic (exact) mass is 341 g/mol. The zero-order valence-electron chi connectivity index (χ0n) is 14.3. The minimum absolute atomic E-state index is 0.0450. The molecule has 1 N–H and O–H groups in total. The number of ether oxygens (including phenoxy) is 1. The first-order valence-corrected chi connectivity index (χ1v) is 8.89. The van der Waals surface area contributed by atoms with Crippen LogP contribution in [0.15, 0.2) is 54.6 Å². The average Bonchev–Trinajstić information content (AvgIpc) is 3.13. The van der Waals surface area contributed by atoms with E-state index in [2.05, 4.69) is 29.6 Å². The van der Waals surface area contributed by atoms with Crippen LogP contribution in [0, 0.1) is 5.82 Å². The molecule has 0 saturated heterocycles. The van der Waals surface area contributed by atoms with Gasteiger partial charge in [0.25, 0.3) is 0 Å². The number of benzene rings is 2. The van der Waals surface area contributed by atoms with E-state index < -0.39 is 5.82 Å². The van der Waals surface area contributed by atoms with Crippen LogP contribution in [0.1, 0.15) is 37.7 Å². The van der Waals surface area contributed by atoms with Crippen molar-refractivity contribution in [2.45, 2.75) is 37.5 Å². The molecule has 0 aromatic heterocycles. The molecule has 0 heterocycles. The topological polar surface area (TPSA) is 38.3 Å². The molecule has 25 heavy (non-hydrogen) atoms. The Bertz CT molecular complexity index is 696. The Balaban J connectivity index is 1.50. The number of carbonyl (C=O) groups excluding carboxylic acids is 1. The number of hydrogen-bond acceptors (Lipinski definition) is 2. The van der Waals surface area contributed by atoms with Crippen molar-refractivity contribution >= 4 is 5.91 Å². The third kappa shape index (κ3) is 4.38. The van der Waals surface area contributed by atoms with Crippen molar-refractivity contribution in [1.82, 2.24) is 5.32 Å². The molecule has 1 aliphatic carbocycles. The van der Waals surface area contributed by atoms with Gasteiger partial charge in [-0.25, -0.2) is 4.39 Å². The van der Waals surface area contributed by atoms with Gasteiger partial charge in [0.05, 0.1) is 13.0 Å². The van der Waals surface area contributed by atoms with Gasteiger partial charge in [-0.05, 0) is 30.5 Å². The highest BCUT2D eigenvalue weighted by molar-refractivity contribution is 5.76. The van der Waals surface area contributed by atoms with E-state index in [1.165, 1.54) is 24.5 Å². The normalized spacial score (nSPS) is 15.7. The molecule has 1 aliphatic rings. The molecule has 3 nitrogen and oxygen atoms in total. The van der Waals surface area contributed by atoms with Crippen molar-refractivity contribution in [2.24, 2.45) is 0 Å². The number of amides is 1. The Hall–Kier alpha value is -2.36. The van der Waals surface area contributed by atoms with Gasteiger partial charge in [-0.2, -0.15) is 0 Å². The molecular formula is C21H24FNO2. The van der Waals surface area contributed by atoms with E-state index in [9.17, 15) is 9.18 Å². The zero-order chi connectivity index (χ0) is 17.5. The largest absolute Gasteiger partial charge is 0.490 e. The van der Waals surface area contributed by atoms with Crippen LogP contribution in [-0.2, 0) is 10.2 Å².